The monoisotopic (exact) mass is 417 g/mol. The molecule has 3 aromatic carbocycles. The second-order valence-electron chi connectivity index (χ2n) is 6.26. The third-order valence-electron chi connectivity index (χ3n) is 4.33. The molecule has 0 aliphatic carbocycles. The minimum Gasteiger partial charge on any atom is -0.465 e. The molecule has 7 heteroatoms. The van der Waals surface area contributed by atoms with Gasteiger partial charge in [-0.25, -0.2) is 8.42 Å². The lowest BCUT2D eigenvalue weighted by Gasteiger charge is -2.25. The Balaban J connectivity index is 2.13. The van der Waals surface area contributed by atoms with E-state index in [9.17, 15) is 13.2 Å². The highest BCUT2D eigenvalue weighted by Crippen LogP contribution is 2.30. The van der Waals surface area contributed by atoms with Gasteiger partial charge in [0.25, 0.3) is 10.0 Å². The number of hydrogen-bond donors (Lipinski definition) is 0. The van der Waals surface area contributed by atoms with Gasteiger partial charge in [0.15, 0.2) is 0 Å². The molecule has 3 aromatic rings. The summed E-state index contributed by atoms with van der Waals surface area (Å²) in [6.07, 6.45) is 0. The average Bonchev–Trinajstić information content (AvgIpc) is 2.68. The third kappa shape index (κ3) is 4.13. The number of sulfonamides is 1. The van der Waals surface area contributed by atoms with Crippen LogP contribution in [0.25, 0.3) is 10.8 Å². The molecule has 146 valence electrons. The van der Waals surface area contributed by atoms with Crippen molar-refractivity contribution >= 4 is 44.1 Å². The minimum atomic E-state index is -4.02. The Morgan fingerprint density at radius 1 is 1.04 bits per heavy atom. The molecule has 0 heterocycles. The van der Waals surface area contributed by atoms with Crippen LogP contribution in [0.5, 0.6) is 0 Å². The van der Waals surface area contributed by atoms with Crippen LogP contribution in [0.15, 0.2) is 65.6 Å². The van der Waals surface area contributed by atoms with Gasteiger partial charge in [0, 0.05) is 5.02 Å². The first-order valence-electron chi connectivity index (χ1n) is 8.76. The highest BCUT2D eigenvalue weighted by molar-refractivity contribution is 7.92. The molecule has 0 N–H and O–H groups in total. The lowest BCUT2D eigenvalue weighted by Crippen LogP contribution is -2.37. The van der Waals surface area contributed by atoms with Crippen molar-refractivity contribution in [3.8, 4) is 0 Å². The van der Waals surface area contributed by atoms with Gasteiger partial charge in [-0.15, -0.1) is 0 Å². The number of rotatable bonds is 6. The maximum Gasteiger partial charge on any atom is 0.326 e. The highest BCUT2D eigenvalue weighted by Gasteiger charge is 2.29. The minimum absolute atomic E-state index is 0.0925. The SMILES string of the molecule is CCOC(=O)CN(c1cc(Cl)ccc1C)S(=O)(=O)c1ccc2ccccc2c1. The van der Waals surface area contributed by atoms with Gasteiger partial charge >= 0.3 is 5.97 Å². The molecule has 0 saturated heterocycles. The summed E-state index contributed by atoms with van der Waals surface area (Å²) < 4.78 is 32.9. The van der Waals surface area contributed by atoms with Crippen LogP contribution in [0.3, 0.4) is 0 Å². The van der Waals surface area contributed by atoms with Crippen molar-refractivity contribution in [3.63, 3.8) is 0 Å². The van der Waals surface area contributed by atoms with E-state index in [0.29, 0.717) is 16.3 Å². The van der Waals surface area contributed by atoms with Gasteiger partial charge in [0.1, 0.15) is 6.54 Å². The Labute approximate surface area is 169 Å². The first-order valence-corrected chi connectivity index (χ1v) is 10.6. The Morgan fingerprint density at radius 2 is 1.75 bits per heavy atom. The first-order chi connectivity index (χ1) is 13.3. The van der Waals surface area contributed by atoms with Gasteiger partial charge in [0.05, 0.1) is 17.2 Å². The van der Waals surface area contributed by atoms with E-state index in [4.69, 9.17) is 16.3 Å². The fourth-order valence-electron chi connectivity index (χ4n) is 2.93. The van der Waals surface area contributed by atoms with Crippen molar-refractivity contribution in [2.45, 2.75) is 18.7 Å². The Morgan fingerprint density at radius 3 is 2.46 bits per heavy atom. The molecule has 0 radical (unpaired) electrons. The molecule has 0 bridgehead atoms. The van der Waals surface area contributed by atoms with Gasteiger partial charge < -0.3 is 4.74 Å². The van der Waals surface area contributed by atoms with Crippen molar-refractivity contribution in [1.82, 2.24) is 0 Å². The fraction of sp³-hybridized carbons (Fsp3) is 0.190. The molecule has 0 fully saturated rings. The average molecular weight is 418 g/mol. The molecule has 0 aliphatic heterocycles. The summed E-state index contributed by atoms with van der Waals surface area (Å²) in [4.78, 5) is 12.2. The number of esters is 1. The van der Waals surface area contributed by atoms with E-state index in [-0.39, 0.29) is 11.5 Å². The van der Waals surface area contributed by atoms with Crippen molar-refractivity contribution in [1.29, 1.82) is 0 Å². The first kappa shape index (κ1) is 20.2. The molecular formula is C21H20ClNO4S. The summed E-state index contributed by atoms with van der Waals surface area (Å²) in [5, 5.41) is 2.10. The van der Waals surface area contributed by atoms with E-state index < -0.39 is 22.5 Å². The highest BCUT2D eigenvalue weighted by atomic mass is 35.5. The van der Waals surface area contributed by atoms with Crippen molar-refractivity contribution in [2.24, 2.45) is 0 Å². The number of aryl methyl sites for hydroxylation is 1. The van der Waals surface area contributed by atoms with Crippen LogP contribution in [0.1, 0.15) is 12.5 Å². The number of fused-ring (bicyclic) bond motifs is 1. The topological polar surface area (TPSA) is 63.7 Å². The van der Waals surface area contributed by atoms with Crippen LogP contribution in [0.4, 0.5) is 5.69 Å². The molecule has 0 atom stereocenters. The standard InChI is InChI=1S/C21H20ClNO4S/c1-3-27-21(24)14-23(20-13-18(22)10-8-15(20)2)28(25,26)19-11-9-16-6-4-5-7-17(16)12-19/h4-13H,3,14H2,1-2H3. The molecule has 0 spiro atoms. The number of halogens is 1. The van der Waals surface area contributed by atoms with Gasteiger partial charge in [0.2, 0.25) is 0 Å². The molecule has 3 rings (SSSR count). The van der Waals surface area contributed by atoms with E-state index in [1.807, 2.05) is 24.3 Å². The van der Waals surface area contributed by atoms with E-state index in [2.05, 4.69) is 0 Å². The van der Waals surface area contributed by atoms with Gasteiger partial charge in [-0.3, -0.25) is 9.10 Å². The maximum atomic E-state index is 13.5. The molecule has 0 unspecified atom stereocenters. The molecule has 5 nitrogen and oxygen atoms in total. The third-order valence-corrected chi connectivity index (χ3v) is 6.32. The smallest absolute Gasteiger partial charge is 0.326 e. The number of nitrogens with zero attached hydrogens (tertiary/aromatic N) is 1. The van der Waals surface area contributed by atoms with Crippen LogP contribution < -0.4 is 4.31 Å². The van der Waals surface area contributed by atoms with Gasteiger partial charge in [-0.2, -0.15) is 0 Å². The second-order valence-corrected chi connectivity index (χ2v) is 8.56. The lowest BCUT2D eigenvalue weighted by atomic mass is 10.1. The maximum absolute atomic E-state index is 13.5. The molecule has 0 aliphatic rings. The molecule has 0 saturated carbocycles. The van der Waals surface area contributed by atoms with Crippen molar-refractivity contribution in [3.05, 3.63) is 71.2 Å². The normalized spacial score (nSPS) is 11.4. The number of hydrogen-bond acceptors (Lipinski definition) is 4. The predicted molar refractivity (Wildman–Crippen MR) is 111 cm³/mol. The summed E-state index contributed by atoms with van der Waals surface area (Å²) in [7, 11) is -4.02. The molecule has 0 amide bonds. The van der Waals surface area contributed by atoms with Crippen LogP contribution >= 0.6 is 11.6 Å². The Bertz CT molecular complexity index is 1130. The zero-order chi connectivity index (χ0) is 20.3. The zero-order valence-electron chi connectivity index (χ0n) is 15.6. The van der Waals surface area contributed by atoms with Crippen LogP contribution in [0, 0.1) is 6.92 Å². The molecule has 28 heavy (non-hydrogen) atoms. The van der Waals surface area contributed by atoms with Crippen LogP contribution in [-0.2, 0) is 19.6 Å². The Kier molecular flexibility index (Phi) is 5.91. The van der Waals surface area contributed by atoms with E-state index in [1.165, 1.54) is 12.1 Å². The number of benzene rings is 3. The summed E-state index contributed by atoms with van der Waals surface area (Å²) in [5.74, 6) is -0.633. The van der Waals surface area contributed by atoms with Crippen LogP contribution in [-0.4, -0.2) is 27.5 Å². The summed E-state index contributed by atoms with van der Waals surface area (Å²) in [6, 6.07) is 17.3. The van der Waals surface area contributed by atoms with E-state index in [1.54, 1.807) is 38.1 Å². The summed E-state index contributed by atoms with van der Waals surface area (Å²) in [6.45, 7) is 3.16. The summed E-state index contributed by atoms with van der Waals surface area (Å²) in [5.41, 5.74) is 1.02. The second kappa shape index (κ2) is 8.20. The quantitative estimate of drug-likeness (QED) is 0.551. The largest absolute Gasteiger partial charge is 0.465 e. The van der Waals surface area contributed by atoms with Gasteiger partial charge in [-0.05, 0) is 54.4 Å². The molecular weight excluding hydrogens is 398 g/mol. The van der Waals surface area contributed by atoms with Gasteiger partial charge in [-0.1, -0.05) is 48.0 Å². The van der Waals surface area contributed by atoms with Crippen molar-refractivity contribution in [2.75, 3.05) is 17.5 Å². The lowest BCUT2D eigenvalue weighted by molar-refractivity contribution is -0.141. The predicted octanol–water partition coefficient (Wildman–Crippen LogP) is 4.56. The van der Waals surface area contributed by atoms with E-state index >= 15 is 0 Å². The zero-order valence-corrected chi connectivity index (χ0v) is 17.1. The number of carbonyl (C=O) groups is 1. The van der Waals surface area contributed by atoms with Crippen LogP contribution in [0.2, 0.25) is 5.02 Å². The van der Waals surface area contributed by atoms with Crippen molar-refractivity contribution < 1.29 is 17.9 Å². The number of ether oxygens (including phenoxy) is 1. The van der Waals surface area contributed by atoms with E-state index in [0.717, 1.165) is 15.1 Å². The molecule has 0 aromatic heterocycles. The number of carbonyl (C=O) groups excluding carboxylic acids is 1. The Hall–Kier alpha value is -2.57. The summed E-state index contributed by atoms with van der Waals surface area (Å²) >= 11 is 6.10. The fourth-order valence-corrected chi connectivity index (χ4v) is 4.60. The number of anilines is 1.